The van der Waals surface area contributed by atoms with E-state index in [4.69, 9.17) is 14.2 Å². The lowest BCUT2D eigenvalue weighted by molar-refractivity contribution is 0.0212. The number of likely N-dealkylation sites (tertiary alicyclic amines) is 1. The predicted octanol–water partition coefficient (Wildman–Crippen LogP) is 6.05. The van der Waals surface area contributed by atoms with Gasteiger partial charge in [-0.05, 0) is 78.0 Å². The van der Waals surface area contributed by atoms with Crippen molar-refractivity contribution in [3.05, 3.63) is 54.1 Å². The highest BCUT2D eigenvalue weighted by molar-refractivity contribution is 7.89. The van der Waals surface area contributed by atoms with Crippen LogP contribution in [0.4, 0.5) is 18.4 Å². The molecule has 0 radical (unpaired) electrons. The Balaban J connectivity index is 1.57. The Labute approximate surface area is 270 Å². The number of alkyl halides is 2. The molecule has 4 rings (SSSR count). The first-order chi connectivity index (χ1) is 21.3. The monoisotopic (exact) mass is 665 g/mol. The standard InChI is InChI=1S/C33H45F2N3O7S/c1-31(2,3)44-29(39)37(7)17-18-43-26-14-9-8-13-24(26)23-12-10-11-22(19-23)20-25-27(36-46(41,42)28(34)35)33(15-16-33)21-38(25)30(40)45-32(4,5)6/h8-14,19,25,27-28,36H,15-18,20-21H2,1-7H3/t25-,27+/m0/s1. The fourth-order valence-electron chi connectivity index (χ4n) is 5.62. The number of nitrogens with zero attached hydrogens (tertiary/aromatic N) is 2. The number of carbonyl (C=O) groups excluding carboxylic acids is 2. The summed E-state index contributed by atoms with van der Waals surface area (Å²) in [5.74, 6) is -3.00. The first-order valence-electron chi connectivity index (χ1n) is 15.3. The van der Waals surface area contributed by atoms with Crippen LogP contribution in [0.1, 0.15) is 59.9 Å². The van der Waals surface area contributed by atoms with Crippen molar-refractivity contribution in [1.82, 2.24) is 14.5 Å². The molecule has 1 N–H and O–H groups in total. The summed E-state index contributed by atoms with van der Waals surface area (Å²) in [5.41, 5.74) is 0.320. The lowest BCUT2D eigenvalue weighted by Gasteiger charge is -2.31. The number of likely N-dealkylation sites (N-methyl/N-ethyl adjacent to an activating group) is 1. The topological polar surface area (TPSA) is 114 Å². The van der Waals surface area contributed by atoms with Crippen LogP contribution in [0, 0.1) is 5.41 Å². The predicted molar refractivity (Wildman–Crippen MR) is 170 cm³/mol. The van der Waals surface area contributed by atoms with E-state index in [1.54, 1.807) is 48.6 Å². The van der Waals surface area contributed by atoms with Gasteiger partial charge in [0.25, 0.3) is 10.0 Å². The van der Waals surface area contributed by atoms with Crippen molar-refractivity contribution in [1.29, 1.82) is 0 Å². The number of amides is 2. The zero-order valence-corrected chi connectivity index (χ0v) is 28.3. The second-order valence-electron chi connectivity index (χ2n) is 14.1. The number of sulfonamides is 1. The van der Waals surface area contributed by atoms with E-state index < -0.39 is 56.7 Å². The molecule has 2 amide bonds. The van der Waals surface area contributed by atoms with Crippen LogP contribution in [-0.4, -0.2) is 86.2 Å². The molecule has 1 heterocycles. The normalized spacial score (nSPS) is 19.3. The number of halogens is 2. The van der Waals surface area contributed by atoms with Gasteiger partial charge in [-0.25, -0.2) is 22.7 Å². The molecule has 1 spiro atoms. The summed E-state index contributed by atoms with van der Waals surface area (Å²) in [6.45, 7) is 11.3. The first kappa shape index (κ1) is 35.4. The number of nitrogens with one attached hydrogen (secondary N) is 1. The molecule has 1 aliphatic heterocycles. The van der Waals surface area contributed by atoms with Gasteiger partial charge in [0.15, 0.2) is 0 Å². The molecule has 0 unspecified atom stereocenters. The lowest BCUT2D eigenvalue weighted by atomic mass is 9.91. The fraction of sp³-hybridized carbons (Fsp3) is 0.576. The molecule has 10 nitrogen and oxygen atoms in total. The van der Waals surface area contributed by atoms with Gasteiger partial charge < -0.3 is 24.0 Å². The lowest BCUT2D eigenvalue weighted by Crippen LogP contribution is -2.51. The molecule has 2 aromatic rings. The third kappa shape index (κ3) is 8.87. The van der Waals surface area contributed by atoms with Crippen molar-refractivity contribution in [3.63, 3.8) is 0 Å². The van der Waals surface area contributed by atoms with Crippen LogP contribution in [0.15, 0.2) is 48.5 Å². The quantitative estimate of drug-likeness (QED) is 0.329. The Kier molecular flexibility index (Phi) is 10.3. The second kappa shape index (κ2) is 13.3. The van der Waals surface area contributed by atoms with Crippen LogP contribution in [0.5, 0.6) is 5.75 Å². The Morgan fingerprint density at radius 2 is 1.67 bits per heavy atom. The van der Waals surface area contributed by atoms with Gasteiger partial charge in [-0.2, -0.15) is 8.78 Å². The third-order valence-corrected chi connectivity index (χ3v) is 8.99. The number of benzene rings is 2. The molecule has 0 bridgehead atoms. The van der Waals surface area contributed by atoms with Crippen LogP contribution < -0.4 is 9.46 Å². The SMILES string of the molecule is CN(CCOc1ccccc1-c1cccc(C[C@H]2[C@@H](NS(=O)(=O)C(F)F)C3(CC3)CN2C(=O)OC(C)(C)C)c1)C(=O)OC(C)(C)C. The van der Waals surface area contributed by atoms with Crippen molar-refractivity contribution in [2.75, 3.05) is 26.7 Å². The molecule has 2 atom stereocenters. The summed E-state index contributed by atoms with van der Waals surface area (Å²) >= 11 is 0. The number of rotatable bonds is 10. The van der Waals surface area contributed by atoms with Gasteiger partial charge in [0, 0.05) is 24.6 Å². The van der Waals surface area contributed by atoms with E-state index in [9.17, 15) is 26.8 Å². The van der Waals surface area contributed by atoms with E-state index in [0.29, 0.717) is 25.1 Å². The van der Waals surface area contributed by atoms with Crippen molar-refractivity contribution < 1.29 is 41.0 Å². The number of hydrogen-bond donors (Lipinski definition) is 1. The largest absolute Gasteiger partial charge is 0.491 e. The molecular formula is C33H45F2N3O7S. The average Bonchev–Trinajstić information content (AvgIpc) is 3.66. The summed E-state index contributed by atoms with van der Waals surface area (Å²) in [6.07, 6.45) is 0.343. The van der Waals surface area contributed by atoms with E-state index in [2.05, 4.69) is 4.72 Å². The van der Waals surface area contributed by atoms with E-state index in [1.807, 2.05) is 48.5 Å². The highest BCUT2D eigenvalue weighted by Gasteiger charge is 2.62. The maximum atomic E-state index is 13.5. The molecule has 1 aliphatic carbocycles. The van der Waals surface area contributed by atoms with Gasteiger partial charge in [0.1, 0.15) is 23.6 Å². The van der Waals surface area contributed by atoms with Crippen LogP contribution in [0.3, 0.4) is 0 Å². The molecule has 1 saturated heterocycles. The zero-order valence-electron chi connectivity index (χ0n) is 27.5. The minimum atomic E-state index is -4.92. The highest BCUT2D eigenvalue weighted by atomic mass is 32.2. The van der Waals surface area contributed by atoms with Gasteiger partial charge in [0.05, 0.1) is 18.6 Å². The van der Waals surface area contributed by atoms with Gasteiger partial charge in [-0.15, -0.1) is 0 Å². The molecule has 2 aliphatic rings. The van der Waals surface area contributed by atoms with Crippen LogP contribution in [-0.2, 0) is 25.9 Å². The van der Waals surface area contributed by atoms with E-state index >= 15 is 0 Å². The summed E-state index contributed by atoms with van der Waals surface area (Å²) in [5, 5.41) is 0. The Morgan fingerprint density at radius 1 is 1.02 bits per heavy atom. The van der Waals surface area contributed by atoms with Crippen molar-refractivity contribution >= 4 is 22.2 Å². The molecule has 2 fully saturated rings. The average molecular weight is 666 g/mol. The summed E-state index contributed by atoms with van der Waals surface area (Å²) in [7, 11) is -3.28. The van der Waals surface area contributed by atoms with Crippen LogP contribution in [0.25, 0.3) is 11.1 Å². The molecule has 2 aromatic carbocycles. The summed E-state index contributed by atoms with van der Waals surface area (Å²) in [6, 6.07) is 13.3. The van der Waals surface area contributed by atoms with E-state index in [1.165, 1.54) is 9.80 Å². The summed E-state index contributed by atoms with van der Waals surface area (Å²) < 4.78 is 71.1. The van der Waals surface area contributed by atoms with Crippen molar-refractivity contribution in [2.24, 2.45) is 5.41 Å². The third-order valence-electron chi connectivity index (χ3n) is 7.94. The fourth-order valence-corrected chi connectivity index (χ4v) is 6.48. The van der Waals surface area contributed by atoms with E-state index in [0.717, 1.165) is 16.7 Å². The number of carbonyl (C=O) groups is 2. The van der Waals surface area contributed by atoms with Crippen LogP contribution in [0.2, 0.25) is 0 Å². The maximum absolute atomic E-state index is 13.5. The second-order valence-corrected chi connectivity index (χ2v) is 15.8. The molecule has 1 saturated carbocycles. The van der Waals surface area contributed by atoms with Gasteiger partial charge >= 0.3 is 17.9 Å². The smallest absolute Gasteiger partial charge is 0.410 e. The van der Waals surface area contributed by atoms with Gasteiger partial charge in [0.2, 0.25) is 0 Å². The van der Waals surface area contributed by atoms with Gasteiger partial charge in [-0.1, -0.05) is 42.5 Å². The van der Waals surface area contributed by atoms with Crippen molar-refractivity contribution in [3.8, 4) is 16.9 Å². The highest BCUT2D eigenvalue weighted by Crippen LogP contribution is 2.56. The number of para-hydroxylation sites is 1. The zero-order chi connectivity index (χ0) is 34.1. The van der Waals surface area contributed by atoms with Crippen molar-refractivity contribution in [2.45, 2.75) is 89.8 Å². The molecular weight excluding hydrogens is 620 g/mol. The maximum Gasteiger partial charge on any atom is 0.410 e. The molecule has 13 heteroatoms. The minimum absolute atomic E-state index is 0.203. The molecule has 0 aromatic heterocycles. The van der Waals surface area contributed by atoms with Gasteiger partial charge in [-0.3, -0.25) is 0 Å². The Bertz CT molecular complexity index is 1520. The Hall–Kier alpha value is -3.45. The molecule has 46 heavy (non-hydrogen) atoms. The van der Waals surface area contributed by atoms with E-state index in [-0.39, 0.29) is 19.6 Å². The first-order valence-corrected chi connectivity index (χ1v) is 16.9. The summed E-state index contributed by atoms with van der Waals surface area (Å²) in [4.78, 5) is 28.6. The molecule has 254 valence electrons. The number of hydrogen-bond acceptors (Lipinski definition) is 7. The number of ether oxygens (including phenoxy) is 3. The Morgan fingerprint density at radius 3 is 2.28 bits per heavy atom. The van der Waals surface area contributed by atoms with Crippen LogP contribution >= 0.6 is 0 Å². The minimum Gasteiger partial charge on any atom is -0.491 e.